The first-order chi connectivity index (χ1) is 35.0. The van der Waals surface area contributed by atoms with E-state index in [9.17, 15) is 36.9 Å². The van der Waals surface area contributed by atoms with E-state index in [0.29, 0.717) is 101 Å². The molecule has 10 rings (SSSR count). The van der Waals surface area contributed by atoms with Gasteiger partial charge in [-0.2, -0.15) is 8.61 Å². The fourth-order valence-corrected chi connectivity index (χ4v) is 13.6. The van der Waals surface area contributed by atoms with Gasteiger partial charge in [0.2, 0.25) is 31.9 Å². The molecule has 0 aromatic carbocycles. The van der Waals surface area contributed by atoms with Crippen LogP contribution in [0.5, 0.6) is 0 Å². The number of Topliss-reactive ketones (excluding diaryl/α,β-unsaturated/α-hetero) is 1. The topological polar surface area (TPSA) is 313 Å². The van der Waals surface area contributed by atoms with Gasteiger partial charge in [0.25, 0.3) is 0 Å². The maximum Gasteiger partial charge on any atom is 0.244 e. The predicted molar refractivity (Wildman–Crippen MR) is 278 cm³/mol. The Hall–Kier alpha value is -5.13. The zero-order valence-electron chi connectivity index (χ0n) is 42.2. The summed E-state index contributed by atoms with van der Waals surface area (Å²) in [5.41, 5.74) is 10.4. The summed E-state index contributed by atoms with van der Waals surface area (Å²) in [6.07, 6.45) is 10.8. The van der Waals surface area contributed by atoms with Gasteiger partial charge in [-0.25, -0.2) is 46.7 Å². The number of morpholine rings is 2. The van der Waals surface area contributed by atoms with Crippen molar-refractivity contribution in [3.63, 3.8) is 0 Å². The highest BCUT2D eigenvalue weighted by Crippen LogP contribution is 2.33. The fourth-order valence-electron chi connectivity index (χ4n) is 10.7. The number of nitrogen functional groups attached to an aromatic ring is 2. The average Bonchev–Trinajstić information content (AvgIpc) is 3.35. The number of piperazine rings is 2. The van der Waals surface area contributed by atoms with Gasteiger partial charge in [0.15, 0.2) is 0 Å². The molecule has 410 valence electrons. The molecule has 0 radical (unpaired) electrons. The number of aromatic nitrogens is 6. The Labute approximate surface area is 439 Å². The highest BCUT2D eigenvalue weighted by atomic mass is 32.2. The molecule has 6 aliphatic heterocycles. The minimum atomic E-state index is -3.79. The van der Waals surface area contributed by atoms with Crippen LogP contribution >= 0.6 is 0 Å². The third-order valence-corrected chi connectivity index (χ3v) is 18.6. The number of fused-ring (bicyclic) bond motifs is 4. The van der Waals surface area contributed by atoms with E-state index in [1.54, 1.807) is 52.5 Å². The lowest BCUT2D eigenvalue weighted by atomic mass is 9.91. The second-order valence-electron chi connectivity index (χ2n) is 21.1. The number of nitrogens with two attached hydrogens (primary N) is 2. The third-order valence-electron chi connectivity index (χ3n) is 14.9. The molecule has 4 aromatic rings. The minimum Gasteiger partial charge on any atom is -0.393 e. The number of carbonyl (C=O) groups is 1. The van der Waals surface area contributed by atoms with E-state index in [-0.39, 0.29) is 103 Å². The quantitative estimate of drug-likeness (QED) is 0.128. The van der Waals surface area contributed by atoms with Crippen molar-refractivity contribution < 1.29 is 46.4 Å². The molecule has 26 heteroatoms. The number of carbonyl (C=O) groups excluding carboxylic acids is 1. The van der Waals surface area contributed by atoms with E-state index in [0.717, 1.165) is 0 Å². The summed E-state index contributed by atoms with van der Waals surface area (Å²) in [7, 11) is -7.57. The Balaban J connectivity index is 0.000000197. The number of anilines is 4. The minimum absolute atomic E-state index is 0. The molecule has 4 unspecified atom stereocenters. The Kier molecular flexibility index (Phi) is 16.8. The Morgan fingerprint density at radius 3 is 1.32 bits per heavy atom. The van der Waals surface area contributed by atoms with E-state index in [2.05, 4.69) is 39.7 Å². The summed E-state index contributed by atoms with van der Waals surface area (Å²) in [4.78, 5) is 47.2. The van der Waals surface area contributed by atoms with Crippen molar-refractivity contribution in [2.45, 2.75) is 124 Å². The van der Waals surface area contributed by atoms with Crippen LogP contribution in [0, 0.1) is 0 Å². The van der Waals surface area contributed by atoms with Crippen LogP contribution in [-0.2, 0) is 45.5 Å². The summed E-state index contributed by atoms with van der Waals surface area (Å²) in [5.74, 6) is 1.71. The van der Waals surface area contributed by atoms with Crippen molar-refractivity contribution in [1.29, 1.82) is 0 Å². The fraction of sp³-hybridized carbons (Fsp3) is 0.612. The van der Waals surface area contributed by atoms with Gasteiger partial charge in [0.05, 0.1) is 55.8 Å². The Morgan fingerprint density at radius 2 is 0.960 bits per heavy atom. The van der Waals surface area contributed by atoms with Gasteiger partial charge >= 0.3 is 0 Å². The van der Waals surface area contributed by atoms with Gasteiger partial charge in [-0.05, 0) is 64.8 Å². The highest BCUT2D eigenvalue weighted by molar-refractivity contribution is 7.89. The normalized spacial score (nSPS) is 26.5. The maximum absolute atomic E-state index is 13.5. The van der Waals surface area contributed by atoms with Crippen LogP contribution < -0.4 is 21.3 Å². The van der Waals surface area contributed by atoms with Gasteiger partial charge < -0.3 is 46.1 Å². The van der Waals surface area contributed by atoms with Crippen LogP contribution in [0.4, 0.5) is 23.5 Å². The number of pyridine rings is 2. The number of nitrogens with zero attached hydrogens (tertiary/aromatic N) is 12. The lowest BCUT2D eigenvalue weighted by Crippen LogP contribution is -2.64. The first kappa shape index (κ1) is 56.1. The maximum atomic E-state index is 13.5. The molecule has 7 N–H and O–H groups in total. The number of sulfonamides is 2. The molecular formula is C49H72N14O10S2. The molecule has 0 amide bonds. The number of rotatable bonds is 12. The Bertz CT molecular complexity index is 2780. The molecule has 0 saturated carbocycles. The molecule has 24 nitrogen and oxygen atoms in total. The van der Waals surface area contributed by atoms with Gasteiger partial charge in [-0.1, -0.05) is 7.43 Å². The molecule has 75 heavy (non-hydrogen) atoms. The number of hydrogen-bond donors (Lipinski definition) is 5. The number of aliphatic hydroxyl groups excluding tert-OH is 1. The van der Waals surface area contributed by atoms with E-state index < -0.39 is 31.2 Å². The van der Waals surface area contributed by atoms with E-state index >= 15 is 0 Å². The molecule has 4 bridgehead atoms. The van der Waals surface area contributed by atoms with Crippen molar-refractivity contribution in [3.05, 3.63) is 72.6 Å². The van der Waals surface area contributed by atoms with Crippen LogP contribution in [0.3, 0.4) is 0 Å². The second-order valence-corrected chi connectivity index (χ2v) is 25.0. The van der Waals surface area contributed by atoms with Crippen molar-refractivity contribution in [3.8, 4) is 0 Å². The van der Waals surface area contributed by atoms with Crippen molar-refractivity contribution in [2.24, 2.45) is 0 Å². The number of aliphatic hydroxyl groups is 3. The third kappa shape index (κ3) is 12.5. The SMILES string of the molecule is C.CC(C)(O)c1cnc(N2CCN(S(=O)(=O)c3ccc(N)nc3)C[C@@H]2CN2C3COCC2CC(=O)C3)nc1.CC(C)(O)c1cnc(N2CCN(S(=O)(=O)c3ccc(N)nc3)C[C@@H]2CN2C3COCC2CC(O)C3)nc1. The summed E-state index contributed by atoms with van der Waals surface area (Å²) in [6.45, 7) is 11.6. The number of piperidine rings is 2. The van der Waals surface area contributed by atoms with Gasteiger partial charge in [0.1, 0.15) is 27.2 Å². The monoisotopic (exact) mass is 1080 g/mol. The van der Waals surface area contributed by atoms with E-state index in [4.69, 9.17) is 20.9 Å². The molecule has 0 aliphatic carbocycles. The van der Waals surface area contributed by atoms with Crippen LogP contribution in [0.25, 0.3) is 0 Å². The number of ether oxygens (including phenoxy) is 2. The lowest BCUT2D eigenvalue weighted by Gasteiger charge is -2.50. The molecule has 10 heterocycles. The van der Waals surface area contributed by atoms with Crippen LogP contribution in [-0.4, -0.2) is 207 Å². The molecule has 0 spiro atoms. The summed E-state index contributed by atoms with van der Waals surface area (Å²) in [6, 6.07) is 5.46. The van der Waals surface area contributed by atoms with Crippen LogP contribution in [0.1, 0.15) is 71.9 Å². The number of ketones is 1. The molecular weight excluding hydrogens is 1010 g/mol. The van der Waals surface area contributed by atoms with Crippen molar-refractivity contribution in [2.75, 3.05) is 100 Å². The zero-order chi connectivity index (χ0) is 52.7. The molecule has 4 aromatic heterocycles. The van der Waals surface area contributed by atoms with Gasteiger partial charge in [-0.3, -0.25) is 14.6 Å². The summed E-state index contributed by atoms with van der Waals surface area (Å²) >= 11 is 0. The first-order valence-electron chi connectivity index (χ1n) is 25.0. The Morgan fingerprint density at radius 1 is 0.587 bits per heavy atom. The number of hydrogen-bond acceptors (Lipinski definition) is 22. The smallest absolute Gasteiger partial charge is 0.244 e. The van der Waals surface area contributed by atoms with Gasteiger partial charge in [-0.15, -0.1) is 0 Å². The second kappa shape index (κ2) is 22.5. The van der Waals surface area contributed by atoms with Crippen LogP contribution in [0.15, 0.2) is 71.2 Å². The lowest BCUT2D eigenvalue weighted by molar-refractivity contribution is -0.136. The predicted octanol–water partition coefficient (Wildman–Crippen LogP) is 0.414. The van der Waals surface area contributed by atoms with Crippen molar-refractivity contribution >= 4 is 49.4 Å². The molecule has 6 atom stereocenters. The highest BCUT2D eigenvalue weighted by Gasteiger charge is 2.45. The first-order valence-corrected chi connectivity index (χ1v) is 27.9. The van der Waals surface area contributed by atoms with Crippen LogP contribution in [0.2, 0.25) is 0 Å². The zero-order valence-corrected chi connectivity index (χ0v) is 43.8. The molecule has 6 saturated heterocycles. The van der Waals surface area contributed by atoms with E-state index in [1.165, 1.54) is 45.3 Å². The molecule has 6 aliphatic rings. The van der Waals surface area contributed by atoms with E-state index in [1.807, 2.05) is 9.80 Å². The average molecular weight is 1080 g/mol. The largest absolute Gasteiger partial charge is 0.393 e. The van der Waals surface area contributed by atoms with Gasteiger partial charge in [0, 0.05) is 138 Å². The van der Waals surface area contributed by atoms with Crippen molar-refractivity contribution in [1.82, 2.24) is 48.3 Å². The summed E-state index contributed by atoms with van der Waals surface area (Å²) < 4.78 is 68.3. The summed E-state index contributed by atoms with van der Waals surface area (Å²) in [5, 5.41) is 30.9. The molecule has 6 fully saturated rings. The standard InChI is InChI=1S/C24H35N7O5S.C24H33N7O5S.CH4/c2*1-24(2,33)16-9-27-23(28-10-16)30-6-5-29(37(34,35)21-3-4-22(25)26-11-21)12-19(30)13-31-17-7-20(32)8-18(31)15-36-14-17;/h3-4,9-11,17-20,32-33H,5-8,12-15H2,1-2H3,(H2,25,26);3-4,9-11,17-19,33H,5-8,12-15H2,1-2H3,(H2,25,26);1H4/t17?,18?,19-,20?;17?,18?,19-;/m11./s1.